The number of ether oxygens (including phenoxy) is 1. The monoisotopic (exact) mass is 256 g/mol. The summed E-state index contributed by atoms with van der Waals surface area (Å²) in [6, 6.07) is 7.54. The number of benzene rings is 1. The maximum absolute atomic E-state index is 8.89. The van der Waals surface area contributed by atoms with Crippen LogP contribution in [-0.4, -0.2) is 16.4 Å². The van der Waals surface area contributed by atoms with Crippen LogP contribution < -0.4 is 10.5 Å². The van der Waals surface area contributed by atoms with Crippen LogP contribution in [0.4, 0.5) is 5.82 Å². The van der Waals surface area contributed by atoms with Gasteiger partial charge >= 0.3 is 0 Å². The predicted molar refractivity (Wildman–Crippen MR) is 72.8 cm³/mol. The maximum Gasteiger partial charge on any atom is 0.145 e. The molecule has 0 amide bonds. The molecule has 0 aliphatic rings. The second-order valence-corrected chi connectivity index (χ2v) is 4.40. The van der Waals surface area contributed by atoms with E-state index in [4.69, 9.17) is 15.7 Å². The number of nitriles is 1. The molecule has 0 fully saturated rings. The van der Waals surface area contributed by atoms with Crippen LogP contribution in [0.2, 0.25) is 0 Å². The summed E-state index contributed by atoms with van der Waals surface area (Å²) >= 11 is 0. The summed E-state index contributed by atoms with van der Waals surface area (Å²) in [6.07, 6.45) is 1.82. The van der Waals surface area contributed by atoms with Crippen molar-refractivity contribution in [3.63, 3.8) is 0 Å². The molecule has 1 heterocycles. The number of hydrogen-bond donors (Lipinski definition) is 1. The second-order valence-electron chi connectivity index (χ2n) is 4.40. The highest BCUT2D eigenvalue weighted by Crippen LogP contribution is 2.24. The summed E-state index contributed by atoms with van der Waals surface area (Å²) in [5, 5.41) is 13.0. The van der Waals surface area contributed by atoms with Gasteiger partial charge in [-0.3, -0.25) is 4.68 Å². The van der Waals surface area contributed by atoms with Crippen molar-refractivity contribution in [3.8, 4) is 11.8 Å². The first-order chi connectivity index (χ1) is 9.10. The van der Waals surface area contributed by atoms with E-state index in [1.165, 1.54) is 0 Å². The zero-order valence-electron chi connectivity index (χ0n) is 11.1. The molecule has 19 heavy (non-hydrogen) atoms. The molecule has 0 radical (unpaired) electrons. The van der Waals surface area contributed by atoms with Gasteiger partial charge in [0, 0.05) is 6.20 Å². The maximum atomic E-state index is 8.89. The molecule has 0 atom stereocenters. The van der Waals surface area contributed by atoms with Crippen molar-refractivity contribution in [2.24, 2.45) is 0 Å². The average Bonchev–Trinajstić information content (AvgIpc) is 2.78. The van der Waals surface area contributed by atoms with Crippen molar-refractivity contribution in [1.82, 2.24) is 9.78 Å². The number of anilines is 1. The van der Waals surface area contributed by atoms with Gasteiger partial charge in [-0.25, -0.2) is 0 Å². The van der Waals surface area contributed by atoms with Crippen LogP contribution in [0.15, 0.2) is 24.4 Å². The van der Waals surface area contributed by atoms with Crippen LogP contribution in [0.3, 0.4) is 0 Å². The zero-order valence-corrected chi connectivity index (χ0v) is 11.1. The second kappa shape index (κ2) is 5.44. The number of nitrogens with zero attached hydrogens (tertiary/aromatic N) is 3. The summed E-state index contributed by atoms with van der Waals surface area (Å²) < 4.78 is 7.51. The lowest BCUT2D eigenvalue weighted by molar-refractivity contribution is 0.288. The number of aryl methyl sites for hydroxylation is 2. The number of aromatic nitrogens is 2. The molecular formula is C14H16N4O. The number of nitrogens with two attached hydrogens (primary N) is 1. The fourth-order valence-electron chi connectivity index (χ4n) is 1.99. The molecule has 0 saturated heterocycles. The molecule has 0 unspecified atom stereocenters. The zero-order chi connectivity index (χ0) is 13.8. The van der Waals surface area contributed by atoms with Crippen LogP contribution in [-0.2, 0) is 6.54 Å². The molecular weight excluding hydrogens is 240 g/mol. The van der Waals surface area contributed by atoms with Crippen molar-refractivity contribution in [2.45, 2.75) is 20.4 Å². The Morgan fingerprint density at radius 2 is 2.05 bits per heavy atom. The molecule has 0 saturated carbocycles. The van der Waals surface area contributed by atoms with E-state index in [-0.39, 0.29) is 0 Å². The minimum Gasteiger partial charge on any atom is -0.491 e. The lowest BCUT2D eigenvalue weighted by Crippen LogP contribution is -2.10. The Hall–Kier alpha value is -2.48. The summed E-state index contributed by atoms with van der Waals surface area (Å²) in [5.74, 6) is 1.34. The van der Waals surface area contributed by atoms with Gasteiger partial charge in [0.2, 0.25) is 0 Å². The Kier molecular flexibility index (Phi) is 3.71. The molecule has 1 aromatic carbocycles. The molecule has 0 bridgehead atoms. The molecule has 98 valence electrons. The molecule has 2 aromatic rings. The van der Waals surface area contributed by atoms with E-state index in [9.17, 15) is 0 Å². The SMILES string of the molecule is Cc1cc(C#N)cc(C)c1OCCn1ccc(N)n1. The molecule has 5 heteroatoms. The third-order valence-electron chi connectivity index (χ3n) is 2.82. The van der Waals surface area contributed by atoms with Gasteiger partial charge in [0.1, 0.15) is 18.2 Å². The first kappa shape index (κ1) is 13.0. The van der Waals surface area contributed by atoms with Crippen molar-refractivity contribution in [3.05, 3.63) is 41.1 Å². The highest BCUT2D eigenvalue weighted by Gasteiger charge is 2.06. The van der Waals surface area contributed by atoms with Crippen molar-refractivity contribution < 1.29 is 4.74 Å². The van der Waals surface area contributed by atoms with Crippen LogP contribution in [0.5, 0.6) is 5.75 Å². The van der Waals surface area contributed by atoms with Gasteiger partial charge in [-0.1, -0.05) is 0 Å². The highest BCUT2D eigenvalue weighted by atomic mass is 16.5. The van der Waals surface area contributed by atoms with E-state index in [1.54, 1.807) is 10.7 Å². The van der Waals surface area contributed by atoms with E-state index >= 15 is 0 Å². The van der Waals surface area contributed by atoms with E-state index in [0.29, 0.717) is 24.5 Å². The number of nitrogen functional groups attached to an aromatic ring is 1. The molecule has 0 aliphatic heterocycles. The molecule has 0 spiro atoms. The van der Waals surface area contributed by atoms with Crippen LogP contribution in [0.25, 0.3) is 0 Å². The number of rotatable bonds is 4. The van der Waals surface area contributed by atoms with E-state index in [1.807, 2.05) is 32.2 Å². The van der Waals surface area contributed by atoms with Crippen molar-refractivity contribution >= 4 is 5.82 Å². The minimum absolute atomic E-state index is 0.505. The van der Waals surface area contributed by atoms with Gasteiger partial charge in [-0.2, -0.15) is 10.4 Å². The standard InChI is InChI=1S/C14H16N4O/c1-10-7-12(9-15)8-11(2)14(10)19-6-5-18-4-3-13(16)17-18/h3-4,7-8H,5-6H2,1-2H3,(H2,16,17). The smallest absolute Gasteiger partial charge is 0.145 e. The van der Waals surface area contributed by atoms with Crippen molar-refractivity contribution in [1.29, 1.82) is 5.26 Å². The summed E-state index contributed by atoms with van der Waals surface area (Å²) in [5.41, 5.74) is 8.13. The van der Waals surface area contributed by atoms with Gasteiger partial charge in [0.25, 0.3) is 0 Å². The molecule has 0 aliphatic carbocycles. The summed E-state index contributed by atoms with van der Waals surface area (Å²) in [6.45, 7) is 5.02. The Bertz CT molecular complexity index is 602. The largest absolute Gasteiger partial charge is 0.491 e. The van der Waals surface area contributed by atoms with E-state index in [2.05, 4.69) is 11.2 Å². The Labute approximate surface area is 112 Å². The Morgan fingerprint density at radius 3 is 2.58 bits per heavy atom. The van der Waals surface area contributed by atoms with Gasteiger partial charge in [-0.15, -0.1) is 0 Å². The summed E-state index contributed by atoms with van der Waals surface area (Å²) in [4.78, 5) is 0. The fraction of sp³-hybridized carbons (Fsp3) is 0.286. The lowest BCUT2D eigenvalue weighted by Gasteiger charge is -2.12. The highest BCUT2D eigenvalue weighted by molar-refractivity contribution is 5.47. The predicted octanol–water partition coefficient (Wildman–Crippen LogP) is 2.03. The van der Waals surface area contributed by atoms with Gasteiger partial charge in [0.05, 0.1) is 18.2 Å². The summed E-state index contributed by atoms with van der Waals surface area (Å²) in [7, 11) is 0. The van der Waals surface area contributed by atoms with Gasteiger partial charge in [0.15, 0.2) is 0 Å². The fourth-order valence-corrected chi connectivity index (χ4v) is 1.99. The van der Waals surface area contributed by atoms with Crippen LogP contribution >= 0.6 is 0 Å². The third-order valence-corrected chi connectivity index (χ3v) is 2.82. The first-order valence-corrected chi connectivity index (χ1v) is 6.03. The normalized spacial score (nSPS) is 10.2. The lowest BCUT2D eigenvalue weighted by atomic mass is 10.1. The minimum atomic E-state index is 0.505. The Balaban J connectivity index is 2.02. The van der Waals surface area contributed by atoms with Crippen LogP contribution in [0, 0.1) is 25.2 Å². The van der Waals surface area contributed by atoms with E-state index < -0.39 is 0 Å². The van der Waals surface area contributed by atoms with Crippen molar-refractivity contribution in [2.75, 3.05) is 12.3 Å². The first-order valence-electron chi connectivity index (χ1n) is 6.03. The molecule has 5 nitrogen and oxygen atoms in total. The Morgan fingerprint density at radius 1 is 1.37 bits per heavy atom. The van der Waals surface area contributed by atoms with Gasteiger partial charge in [-0.05, 0) is 43.2 Å². The molecule has 2 rings (SSSR count). The third kappa shape index (κ3) is 3.05. The van der Waals surface area contributed by atoms with E-state index in [0.717, 1.165) is 16.9 Å². The van der Waals surface area contributed by atoms with Crippen LogP contribution in [0.1, 0.15) is 16.7 Å². The quantitative estimate of drug-likeness (QED) is 0.908. The molecule has 2 N–H and O–H groups in total. The average molecular weight is 256 g/mol. The van der Waals surface area contributed by atoms with Gasteiger partial charge < -0.3 is 10.5 Å². The number of hydrogen-bond acceptors (Lipinski definition) is 4. The topological polar surface area (TPSA) is 76.9 Å². The molecule has 1 aromatic heterocycles.